The molecule has 0 fully saturated rings. The molecular formula is C16H24N4O. The van der Waals surface area contributed by atoms with E-state index in [-0.39, 0.29) is 0 Å². The van der Waals surface area contributed by atoms with Crippen molar-refractivity contribution in [1.29, 1.82) is 0 Å². The number of ether oxygens (including phenoxy) is 1. The average molecular weight is 288 g/mol. The molecular weight excluding hydrogens is 264 g/mol. The number of hydrogen-bond acceptors (Lipinski definition) is 4. The van der Waals surface area contributed by atoms with Crippen LogP contribution in [0.4, 0.5) is 0 Å². The molecule has 114 valence electrons. The Labute approximate surface area is 126 Å². The molecule has 0 aliphatic carbocycles. The quantitative estimate of drug-likeness (QED) is 0.887. The summed E-state index contributed by atoms with van der Waals surface area (Å²) in [7, 11) is 1.95. The third-order valence-electron chi connectivity index (χ3n) is 3.63. The number of hydrogen-bond donors (Lipinski definition) is 1. The molecule has 0 atom stereocenters. The van der Waals surface area contributed by atoms with E-state index < -0.39 is 0 Å². The van der Waals surface area contributed by atoms with Crippen molar-refractivity contribution in [3.8, 4) is 5.75 Å². The van der Waals surface area contributed by atoms with Gasteiger partial charge >= 0.3 is 0 Å². The van der Waals surface area contributed by atoms with Crippen LogP contribution in [0.15, 0.2) is 12.1 Å². The molecule has 0 spiro atoms. The maximum absolute atomic E-state index is 5.96. The van der Waals surface area contributed by atoms with Crippen molar-refractivity contribution in [2.24, 2.45) is 7.05 Å². The molecule has 5 heteroatoms. The van der Waals surface area contributed by atoms with E-state index in [1.807, 2.05) is 18.5 Å². The second-order valence-corrected chi connectivity index (χ2v) is 5.35. The van der Waals surface area contributed by atoms with E-state index in [1.165, 1.54) is 5.56 Å². The van der Waals surface area contributed by atoms with Gasteiger partial charge in [-0.15, -0.1) is 10.2 Å². The molecule has 0 saturated heterocycles. The highest BCUT2D eigenvalue weighted by atomic mass is 16.5. The summed E-state index contributed by atoms with van der Waals surface area (Å²) in [6.07, 6.45) is 0. The van der Waals surface area contributed by atoms with Gasteiger partial charge in [-0.05, 0) is 44.0 Å². The van der Waals surface area contributed by atoms with Gasteiger partial charge in [0, 0.05) is 13.6 Å². The highest BCUT2D eigenvalue weighted by molar-refractivity contribution is 5.43. The molecule has 0 amide bonds. The minimum absolute atomic E-state index is 0.436. The van der Waals surface area contributed by atoms with Gasteiger partial charge in [0.25, 0.3) is 0 Å². The normalized spacial score (nSPS) is 10.9. The van der Waals surface area contributed by atoms with Crippen molar-refractivity contribution in [1.82, 2.24) is 20.1 Å². The predicted molar refractivity (Wildman–Crippen MR) is 83.4 cm³/mol. The minimum Gasteiger partial charge on any atom is -0.485 e. The smallest absolute Gasteiger partial charge is 0.170 e. The Balaban J connectivity index is 2.11. The number of aryl methyl sites for hydroxylation is 3. The Bertz CT molecular complexity index is 596. The zero-order chi connectivity index (χ0) is 15.4. The first kappa shape index (κ1) is 15.5. The SMILES string of the molecule is CCNCc1cc(C)c(OCc2nnc(C)n2C)c(C)c1. The molecule has 1 aromatic heterocycles. The molecule has 1 aromatic carbocycles. The Morgan fingerprint density at radius 2 is 1.81 bits per heavy atom. The van der Waals surface area contributed by atoms with Crippen molar-refractivity contribution in [2.75, 3.05) is 6.54 Å². The van der Waals surface area contributed by atoms with E-state index in [0.29, 0.717) is 6.61 Å². The van der Waals surface area contributed by atoms with Gasteiger partial charge in [0.05, 0.1) is 0 Å². The van der Waals surface area contributed by atoms with Gasteiger partial charge in [0.2, 0.25) is 0 Å². The molecule has 0 aliphatic heterocycles. The summed E-state index contributed by atoms with van der Waals surface area (Å²) in [4.78, 5) is 0. The summed E-state index contributed by atoms with van der Waals surface area (Å²) >= 11 is 0. The first-order valence-corrected chi connectivity index (χ1v) is 7.31. The molecule has 0 radical (unpaired) electrons. The molecule has 2 aromatic rings. The second kappa shape index (κ2) is 6.72. The third kappa shape index (κ3) is 3.61. The van der Waals surface area contributed by atoms with E-state index >= 15 is 0 Å². The Morgan fingerprint density at radius 3 is 2.33 bits per heavy atom. The van der Waals surface area contributed by atoms with Crippen LogP contribution >= 0.6 is 0 Å². The lowest BCUT2D eigenvalue weighted by Crippen LogP contribution is -2.12. The van der Waals surface area contributed by atoms with E-state index in [4.69, 9.17) is 4.74 Å². The molecule has 0 bridgehead atoms. The molecule has 21 heavy (non-hydrogen) atoms. The zero-order valence-electron chi connectivity index (χ0n) is 13.5. The summed E-state index contributed by atoms with van der Waals surface area (Å²) < 4.78 is 7.91. The first-order chi connectivity index (χ1) is 10.0. The van der Waals surface area contributed by atoms with Crippen LogP contribution < -0.4 is 10.1 Å². The first-order valence-electron chi connectivity index (χ1n) is 7.31. The summed E-state index contributed by atoms with van der Waals surface area (Å²) in [5.41, 5.74) is 3.59. The van der Waals surface area contributed by atoms with E-state index in [2.05, 4.69) is 48.4 Å². The fourth-order valence-corrected chi connectivity index (χ4v) is 2.35. The number of rotatable bonds is 6. The van der Waals surface area contributed by atoms with Gasteiger partial charge in [0.15, 0.2) is 5.82 Å². The predicted octanol–water partition coefficient (Wildman–Crippen LogP) is 2.43. The van der Waals surface area contributed by atoms with Crippen LogP contribution in [-0.2, 0) is 20.2 Å². The van der Waals surface area contributed by atoms with Crippen LogP contribution in [0.1, 0.15) is 35.3 Å². The monoisotopic (exact) mass is 288 g/mol. The van der Waals surface area contributed by atoms with E-state index in [1.54, 1.807) is 0 Å². The van der Waals surface area contributed by atoms with Gasteiger partial charge in [0.1, 0.15) is 18.2 Å². The van der Waals surface area contributed by atoms with Gasteiger partial charge in [-0.1, -0.05) is 19.1 Å². The van der Waals surface area contributed by atoms with E-state index in [9.17, 15) is 0 Å². The highest BCUT2D eigenvalue weighted by Gasteiger charge is 2.10. The molecule has 5 nitrogen and oxygen atoms in total. The van der Waals surface area contributed by atoms with Crippen LogP contribution in [0.25, 0.3) is 0 Å². The Hall–Kier alpha value is -1.88. The largest absolute Gasteiger partial charge is 0.485 e. The second-order valence-electron chi connectivity index (χ2n) is 5.35. The van der Waals surface area contributed by atoms with Crippen LogP contribution in [0.2, 0.25) is 0 Å². The lowest BCUT2D eigenvalue weighted by atomic mass is 10.1. The van der Waals surface area contributed by atoms with Gasteiger partial charge in [-0.25, -0.2) is 0 Å². The molecule has 0 saturated carbocycles. The molecule has 0 unspecified atom stereocenters. The lowest BCUT2D eigenvalue weighted by Gasteiger charge is -2.14. The van der Waals surface area contributed by atoms with Crippen molar-refractivity contribution in [3.05, 3.63) is 40.5 Å². The average Bonchev–Trinajstić information content (AvgIpc) is 2.76. The van der Waals surface area contributed by atoms with Crippen molar-refractivity contribution in [2.45, 2.75) is 40.8 Å². The fourth-order valence-electron chi connectivity index (χ4n) is 2.35. The number of aromatic nitrogens is 3. The molecule has 2 rings (SSSR count). The van der Waals surface area contributed by atoms with Crippen molar-refractivity contribution >= 4 is 0 Å². The van der Waals surface area contributed by atoms with Crippen LogP contribution in [0.5, 0.6) is 5.75 Å². The zero-order valence-corrected chi connectivity index (χ0v) is 13.5. The van der Waals surface area contributed by atoms with E-state index in [0.717, 1.165) is 41.6 Å². The minimum atomic E-state index is 0.436. The summed E-state index contributed by atoms with van der Waals surface area (Å²) in [5.74, 6) is 2.67. The van der Waals surface area contributed by atoms with Crippen molar-refractivity contribution < 1.29 is 4.74 Å². The standard InChI is InChI=1S/C16H24N4O/c1-6-17-9-14-7-11(2)16(12(3)8-14)21-10-15-19-18-13(4)20(15)5/h7-8,17H,6,9-10H2,1-5H3. The number of nitrogens with one attached hydrogen (secondary N) is 1. The highest BCUT2D eigenvalue weighted by Crippen LogP contribution is 2.25. The molecule has 1 N–H and O–H groups in total. The maximum atomic E-state index is 5.96. The fraction of sp³-hybridized carbons (Fsp3) is 0.500. The maximum Gasteiger partial charge on any atom is 0.170 e. The Kier molecular flexibility index (Phi) is 4.96. The molecule has 1 heterocycles. The third-order valence-corrected chi connectivity index (χ3v) is 3.63. The number of nitrogens with zero attached hydrogens (tertiary/aromatic N) is 3. The topological polar surface area (TPSA) is 52.0 Å². The Morgan fingerprint density at radius 1 is 1.14 bits per heavy atom. The summed E-state index contributed by atoms with van der Waals surface area (Å²) in [6, 6.07) is 4.35. The summed E-state index contributed by atoms with van der Waals surface area (Å²) in [5, 5.41) is 11.5. The van der Waals surface area contributed by atoms with Gasteiger partial charge in [-0.2, -0.15) is 0 Å². The lowest BCUT2D eigenvalue weighted by molar-refractivity contribution is 0.287. The van der Waals surface area contributed by atoms with Gasteiger partial charge in [-0.3, -0.25) is 0 Å². The van der Waals surface area contributed by atoms with Crippen molar-refractivity contribution in [3.63, 3.8) is 0 Å². The van der Waals surface area contributed by atoms with Crippen LogP contribution in [0.3, 0.4) is 0 Å². The number of benzene rings is 1. The summed E-state index contributed by atoms with van der Waals surface area (Å²) in [6.45, 7) is 10.5. The van der Waals surface area contributed by atoms with Crippen LogP contribution in [0, 0.1) is 20.8 Å². The van der Waals surface area contributed by atoms with Crippen LogP contribution in [-0.4, -0.2) is 21.3 Å². The van der Waals surface area contributed by atoms with Gasteiger partial charge < -0.3 is 14.6 Å². The molecule has 0 aliphatic rings.